The normalized spacial score (nSPS) is 11.0. The first-order valence-electron chi connectivity index (χ1n) is 6.47. The van der Waals surface area contributed by atoms with E-state index in [1.165, 1.54) is 17.3 Å². The van der Waals surface area contributed by atoms with Gasteiger partial charge in [0, 0.05) is 5.56 Å². The lowest BCUT2D eigenvalue weighted by Crippen LogP contribution is -2.10. The molecule has 0 aliphatic carbocycles. The largest absolute Gasteiger partial charge is 0.411 e. The van der Waals surface area contributed by atoms with Gasteiger partial charge < -0.3 is 4.42 Å². The van der Waals surface area contributed by atoms with Crippen molar-refractivity contribution in [3.63, 3.8) is 0 Å². The minimum absolute atomic E-state index is 0.146. The van der Waals surface area contributed by atoms with Crippen LogP contribution in [-0.2, 0) is 5.41 Å². The Morgan fingerprint density at radius 3 is 2.45 bits per heavy atom. The molecule has 2 aromatic rings. The Morgan fingerprint density at radius 1 is 1.15 bits per heavy atom. The van der Waals surface area contributed by atoms with Gasteiger partial charge >= 0.3 is 0 Å². The fraction of sp³-hybridized carbons (Fsp3) is 0.375. The van der Waals surface area contributed by atoms with Gasteiger partial charge in [-0.1, -0.05) is 50.6 Å². The third-order valence-corrected chi connectivity index (χ3v) is 3.55. The van der Waals surface area contributed by atoms with Crippen LogP contribution in [0.25, 0.3) is 11.5 Å². The number of nitrogens with zero attached hydrogens (tertiary/aromatic N) is 2. The molecule has 0 fully saturated rings. The molecule has 0 radical (unpaired) electrons. The van der Waals surface area contributed by atoms with Crippen molar-refractivity contribution >= 4 is 11.8 Å². The summed E-state index contributed by atoms with van der Waals surface area (Å²) in [6, 6.07) is 8.26. The Hall–Kier alpha value is -1.73. The van der Waals surface area contributed by atoms with Crippen molar-refractivity contribution in [3.8, 4) is 23.3 Å². The van der Waals surface area contributed by atoms with Crippen LogP contribution in [0.3, 0.4) is 0 Å². The monoisotopic (exact) mass is 286 g/mol. The Bertz CT molecular complexity index is 627. The van der Waals surface area contributed by atoms with Crippen molar-refractivity contribution in [1.29, 1.82) is 0 Å². The molecule has 0 amide bonds. The summed E-state index contributed by atoms with van der Waals surface area (Å²) in [5.74, 6) is 7.01. The van der Waals surface area contributed by atoms with Crippen molar-refractivity contribution in [1.82, 2.24) is 10.2 Å². The maximum Gasteiger partial charge on any atom is 0.277 e. The molecule has 2 rings (SSSR count). The molecule has 104 valence electrons. The first-order valence-corrected chi connectivity index (χ1v) is 7.46. The minimum Gasteiger partial charge on any atom is -0.411 e. The molecular formula is C16H18N2OS. The van der Waals surface area contributed by atoms with E-state index in [9.17, 15) is 0 Å². The van der Waals surface area contributed by atoms with Gasteiger partial charge in [0.15, 0.2) is 0 Å². The number of thioether (sulfide) groups is 1. The van der Waals surface area contributed by atoms with E-state index in [1.54, 1.807) is 0 Å². The highest BCUT2D eigenvalue weighted by Gasteiger charge is 2.14. The molecule has 0 saturated heterocycles. The molecule has 0 unspecified atom stereocenters. The molecule has 0 atom stereocenters. The highest BCUT2D eigenvalue weighted by molar-refractivity contribution is 7.99. The molecule has 1 heterocycles. The van der Waals surface area contributed by atoms with Crippen LogP contribution in [0.4, 0.5) is 0 Å². The summed E-state index contributed by atoms with van der Waals surface area (Å²) < 4.78 is 5.61. The van der Waals surface area contributed by atoms with Gasteiger partial charge in [0.05, 0.1) is 5.75 Å². The zero-order valence-corrected chi connectivity index (χ0v) is 13.0. The summed E-state index contributed by atoms with van der Waals surface area (Å²) in [5.41, 5.74) is 2.38. The standard InChI is InChI=1S/C16H18N2OS/c1-5-6-11-20-15-18-17-14(19-15)12-7-9-13(10-8-12)16(2,3)4/h7-10H,11H2,1-4H3. The molecular weight excluding hydrogens is 268 g/mol. The third kappa shape index (κ3) is 3.64. The highest BCUT2D eigenvalue weighted by atomic mass is 32.2. The lowest BCUT2D eigenvalue weighted by molar-refractivity contribution is 0.466. The van der Waals surface area contributed by atoms with E-state index in [1.807, 2.05) is 19.1 Å². The quantitative estimate of drug-likeness (QED) is 0.627. The molecule has 0 aliphatic heterocycles. The topological polar surface area (TPSA) is 38.9 Å². The van der Waals surface area contributed by atoms with Gasteiger partial charge in [0.1, 0.15) is 0 Å². The minimum atomic E-state index is 0.146. The second-order valence-corrected chi connectivity index (χ2v) is 6.34. The summed E-state index contributed by atoms with van der Waals surface area (Å²) in [6.45, 7) is 8.39. The summed E-state index contributed by atoms with van der Waals surface area (Å²) in [4.78, 5) is 0. The molecule has 0 saturated carbocycles. The SMILES string of the molecule is CC#CCSc1nnc(-c2ccc(C(C)(C)C)cc2)o1. The summed E-state index contributed by atoms with van der Waals surface area (Å²) in [6.07, 6.45) is 0. The second-order valence-electron chi connectivity index (χ2n) is 5.42. The van der Waals surface area contributed by atoms with Gasteiger partial charge in [0.2, 0.25) is 5.89 Å². The second kappa shape index (κ2) is 6.15. The van der Waals surface area contributed by atoms with E-state index in [-0.39, 0.29) is 5.41 Å². The fourth-order valence-corrected chi connectivity index (χ4v) is 2.24. The molecule has 20 heavy (non-hydrogen) atoms. The molecule has 1 aromatic carbocycles. The van der Waals surface area contributed by atoms with E-state index < -0.39 is 0 Å². The van der Waals surface area contributed by atoms with E-state index in [0.717, 1.165) is 5.56 Å². The van der Waals surface area contributed by atoms with Crippen molar-refractivity contribution in [2.24, 2.45) is 0 Å². The van der Waals surface area contributed by atoms with Crippen LogP contribution in [-0.4, -0.2) is 16.0 Å². The molecule has 0 aliphatic rings. The summed E-state index contributed by atoms with van der Waals surface area (Å²) in [5, 5.41) is 8.64. The lowest BCUT2D eigenvalue weighted by atomic mass is 9.87. The maximum absolute atomic E-state index is 5.61. The Balaban J connectivity index is 2.13. The average molecular weight is 286 g/mol. The first kappa shape index (κ1) is 14.7. The highest BCUT2D eigenvalue weighted by Crippen LogP contribution is 2.27. The number of hydrogen-bond acceptors (Lipinski definition) is 4. The number of aromatic nitrogens is 2. The van der Waals surface area contributed by atoms with E-state index >= 15 is 0 Å². The zero-order valence-electron chi connectivity index (χ0n) is 12.2. The van der Waals surface area contributed by atoms with Crippen molar-refractivity contribution in [3.05, 3.63) is 29.8 Å². The van der Waals surface area contributed by atoms with Crippen LogP contribution < -0.4 is 0 Å². The van der Waals surface area contributed by atoms with E-state index in [0.29, 0.717) is 16.9 Å². The van der Waals surface area contributed by atoms with E-state index in [4.69, 9.17) is 4.42 Å². The van der Waals surface area contributed by atoms with Gasteiger partial charge in [-0.05, 0) is 30.0 Å². The Labute approximate surface area is 124 Å². The molecule has 0 spiro atoms. The van der Waals surface area contributed by atoms with E-state index in [2.05, 4.69) is 54.9 Å². The molecule has 3 nitrogen and oxygen atoms in total. The first-order chi connectivity index (χ1) is 9.50. The Kier molecular flexibility index (Phi) is 4.51. The van der Waals surface area contributed by atoms with Crippen molar-refractivity contribution in [2.75, 3.05) is 5.75 Å². The van der Waals surface area contributed by atoms with Gasteiger partial charge in [0.25, 0.3) is 5.22 Å². The van der Waals surface area contributed by atoms with Crippen LogP contribution in [0.5, 0.6) is 0 Å². The van der Waals surface area contributed by atoms with Crippen LogP contribution in [0.15, 0.2) is 33.9 Å². The average Bonchev–Trinajstić information content (AvgIpc) is 2.87. The van der Waals surface area contributed by atoms with Crippen LogP contribution in [0.1, 0.15) is 33.3 Å². The Morgan fingerprint density at radius 2 is 1.85 bits per heavy atom. The lowest BCUT2D eigenvalue weighted by Gasteiger charge is -2.18. The molecule has 1 aromatic heterocycles. The van der Waals surface area contributed by atoms with Crippen molar-refractivity contribution < 1.29 is 4.42 Å². The zero-order chi connectivity index (χ0) is 14.6. The predicted octanol–water partition coefficient (Wildman–Crippen LogP) is 4.15. The van der Waals surface area contributed by atoms with Crippen LogP contribution in [0.2, 0.25) is 0 Å². The number of hydrogen-bond donors (Lipinski definition) is 0. The van der Waals surface area contributed by atoms with Crippen molar-refractivity contribution in [2.45, 2.75) is 38.3 Å². The third-order valence-electron chi connectivity index (χ3n) is 2.85. The smallest absolute Gasteiger partial charge is 0.277 e. The number of rotatable bonds is 3. The molecule has 4 heteroatoms. The van der Waals surface area contributed by atoms with Gasteiger partial charge in [-0.3, -0.25) is 0 Å². The van der Waals surface area contributed by atoms with Gasteiger partial charge in [-0.25, -0.2) is 0 Å². The summed E-state index contributed by atoms with van der Waals surface area (Å²) >= 11 is 1.45. The number of benzene rings is 1. The summed E-state index contributed by atoms with van der Waals surface area (Å²) in [7, 11) is 0. The predicted molar refractivity (Wildman–Crippen MR) is 82.6 cm³/mol. The van der Waals surface area contributed by atoms with Crippen LogP contribution >= 0.6 is 11.8 Å². The van der Waals surface area contributed by atoms with Crippen LogP contribution in [0, 0.1) is 11.8 Å². The van der Waals surface area contributed by atoms with Gasteiger partial charge in [-0.15, -0.1) is 16.1 Å². The molecule has 0 bridgehead atoms. The fourth-order valence-electron chi connectivity index (χ4n) is 1.67. The molecule has 0 N–H and O–H groups in total. The maximum atomic E-state index is 5.61. The van der Waals surface area contributed by atoms with Gasteiger partial charge in [-0.2, -0.15) is 0 Å².